The monoisotopic (exact) mass is 143 g/mol. The van der Waals surface area contributed by atoms with Gasteiger partial charge in [-0.05, 0) is 19.9 Å². The van der Waals surface area contributed by atoms with Crippen LogP contribution in [0, 0.1) is 0 Å². The molecule has 54 valence electrons. The molecule has 0 atom stereocenters. The smallest absolute Gasteiger partial charge is 0.0784 e. The molecular weight excluding hydrogens is 126 g/mol. The molecule has 1 rings (SSSR count). The molecule has 9 heavy (non-hydrogen) atoms. The normalized spacial score (nSPS) is 23.3. The highest BCUT2D eigenvalue weighted by Crippen LogP contribution is 2.19. The lowest BCUT2D eigenvalue weighted by Gasteiger charge is -2.27. The van der Waals surface area contributed by atoms with Gasteiger partial charge in [0, 0.05) is 6.04 Å². The molecule has 0 spiro atoms. The van der Waals surface area contributed by atoms with Gasteiger partial charge in [-0.25, -0.2) is 0 Å². The second-order valence-corrected chi connectivity index (χ2v) is 4.67. The van der Waals surface area contributed by atoms with Gasteiger partial charge in [0.2, 0.25) is 0 Å². The molecule has 0 aromatic heterocycles. The van der Waals surface area contributed by atoms with E-state index in [1.165, 1.54) is 42.5 Å². The molecule has 2 heteroatoms. The summed E-state index contributed by atoms with van der Waals surface area (Å²) >= 11 is 0. The molecule has 1 nitrogen and oxygen atoms in total. The van der Waals surface area contributed by atoms with Crippen LogP contribution >= 0.6 is 0 Å². The Hall–Kier alpha value is 0.177. The summed E-state index contributed by atoms with van der Waals surface area (Å²) in [6.07, 6.45) is 7.33. The van der Waals surface area contributed by atoms with Crippen LogP contribution in [-0.4, -0.2) is 28.1 Å². The Kier molecular flexibility index (Phi) is 2.73. The minimum absolute atomic E-state index is 0.949. The average molecular weight is 143 g/mol. The van der Waals surface area contributed by atoms with Crippen molar-refractivity contribution in [1.29, 1.82) is 0 Å². The van der Waals surface area contributed by atoms with E-state index in [9.17, 15) is 0 Å². The molecule has 0 heterocycles. The minimum Gasteiger partial charge on any atom is -0.332 e. The molecule has 0 aromatic rings. The van der Waals surface area contributed by atoms with E-state index in [1.807, 2.05) is 0 Å². The molecule has 0 unspecified atom stereocenters. The van der Waals surface area contributed by atoms with Crippen molar-refractivity contribution < 1.29 is 0 Å². The summed E-state index contributed by atoms with van der Waals surface area (Å²) in [5, 5.41) is 0. The molecule has 0 saturated heterocycles. The SMILES string of the molecule is CN([SiH3])C1CCCCC1. The van der Waals surface area contributed by atoms with Crippen LogP contribution in [0.25, 0.3) is 0 Å². The van der Waals surface area contributed by atoms with Crippen LogP contribution < -0.4 is 0 Å². The molecular formula is C7H17NSi. The standard InChI is InChI=1S/C7H17NSi/c1-8(9)7-5-3-2-4-6-7/h7H,2-6H2,1,9H3. The minimum atomic E-state index is 0.949. The van der Waals surface area contributed by atoms with E-state index in [1.54, 1.807) is 0 Å². The van der Waals surface area contributed by atoms with Gasteiger partial charge in [-0.1, -0.05) is 19.3 Å². The van der Waals surface area contributed by atoms with Gasteiger partial charge in [-0.2, -0.15) is 0 Å². The maximum absolute atomic E-state index is 2.50. The molecule has 1 aliphatic rings. The Morgan fingerprint density at radius 1 is 1.22 bits per heavy atom. The fraction of sp³-hybridized carbons (Fsp3) is 1.00. The fourth-order valence-corrected chi connectivity index (χ4v) is 2.11. The first kappa shape index (κ1) is 7.29. The first-order valence-corrected chi connectivity index (χ1v) is 4.86. The van der Waals surface area contributed by atoms with Crippen LogP contribution in [0.15, 0.2) is 0 Å². The van der Waals surface area contributed by atoms with Crippen molar-refractivity contribution in [1.82, 2.24) is 4.57 Å². The van der Waals surface area contributed by atoms with Gasteiger partial charge in [0.1, 0.15) is 0 Å². The van der Waals surface area contributed by atoms with Crippen LogP contribution in [0.1, 0.15) is 32.1 Å². The van der Waals surface area contributed by atoms with Crippen LogP contribution in [0.5, 0.6) is 0 Å². The molecule has 0 N–H and O–H groups in total. The molecule has 0 amide bonds. The van der Waals surface area contributed by atoms with E-state index in [-0.39, 0.29) is 0 Å². The van der Waals surface area contributed by atoms with Crippen molar-refractivity contribution in [3.63, 3.8) is 0 Å². The maximum atomic E-state index is 2.50. The summed E-state index contributed by atoms with van der Waals surface area (Å²) in [7, 11) is 3.50. The van der Waals surface area contributed by atoms with Gasteiger partial charge in [0.25, 0.3) is 0 Å². The lowest BCUT2D eigenvalue weighted by atomic mass is 9.96. The quantitative estimate of drug-likeness (QED) is 0.484. The zero-order valence-electron chi connectivity index (χ0n) is 6.56. The van der Waals surface area contributed by atoms with Crippen molar-refractivity contribution in [3.8, 4) is 0 Å². The third kappa shape index (κ3) is 2.10. The van der Waals surface area contributed by atoms with Crippen LogP contribution in [0.3, 0.4) is 0 Å². The van der Waals surface area contributed by atoms with Crippen molar-refractivity contribution in [2.75, 3.05) is 7.05 Å². The summed E-state index contributed by atoms with van der Waals surface area (Å²) < 4.78 is 2.50. The number of rotatable bonds is 1. The van der Waals surface area contributed by atoms with E-state index in [0.717, 1.165) is 6.04 Å². The highest BCUT2D eigenvalue weighted by Gasteiger charge is 2.13. The van der Waals surface area contributed by atoms with E-state index in [0.29, 0.717) is 0 Å². The van der Waals surface area contributed by atoms with Crippen molar-refractivity contribution >= 4 is 10.4 Å². The lowest BCUT2D eigenvalue weighted by molar-refractivity contribution is 0.296. The fourth-order valence-electron chi connectivity index (χ4n) is 1.60. The van der Waals surface area contributed by atoms with Gasteiger partial charge in [-0.15, -0.1) is 0 Å². The summed E-state index contributed by atoms with van der Waals surface area (Å²) in [4.78, 5) is 0. The number of hydrogen-bond donors (Lipinski definition) is 0. The van der Waals surface area contributed by atoms with Gasteiger partial charge < -0.3 is 4.57 Å². The summed E-state index contributed by atoms with van der Waals surface area (Å²) in [5.41, 5.74) is 0. The summed E-state index contributed by atoms with van der Waals surface area (Å²) in [6.45, 7) is 0. The summed E-state index contributed by atoms with van der Waals surface area (Å²) in [5.74, 6) is 0. The average Bonchev–Trinajstić information content (AvgIpc) is 1.90. The highest BCUT2D eigenvalue weighted by molar-refractivity contribution is 6.04. The van der Waals surface area contributed by atoms with Crippen LogP contribution in [0.4, 0.5) is 0 Å². The molecule has 0 aromatic carbocycles. The third-order valence-corrected chi connectivity index (χ3v) is 3.04. The number of hydrogen-bond acceptors (Lipinski definition) is 1. The number of nitrogens with zero attached hydrogens (tertiary/aromatic N) is 1. The Bertz CT molecular complexity index is 77.0. The van der Waals surface area contributed by atoms with Crippen LogP contribution in [0.2, 0.25) is 0 Å². The Morgan fingerprint density at radius 3 is 2.11 bits per heavy atom. The van der Waals surface area contributed by atoms with Crippen LogP contribution in [-0.2, 0) is 0 Å². The zero-order valence-corrected chi connectivity index (χ0v) is 8.56. The van der Waals surface area contributed by atoms with Crippen molar-refractivity contribution in [2.45, 2.75) is 38.1 Å². The molecule has 0 radical (unpaired) electrons. The molecule has 1 fully saturated rings. The molecule has 0 aliphatic heterocycles. The second kappa shape index (κ2) is 3.37. The largest absolute Gasteiger partial charge is 0.332 e. The van der Waals surface area contributed by atoms with Crippen molar-refractivity contribution in [3.05, 3.63) is 0 Å². The van der Waals surface area contributed by atoms with E-state index in [2.05, 4.69) is 11.6 Å². The first-order valence-electron chi connectivity index (χ1n) is 3.97. The maximum Gasteiger partial charge on any atom is 0.0784 e. The zero-order chi connectivity index (χ0) is 6.69. The molecule has 1 saturated carbocycles. The Morgan fingerprint density at radius 2 is 1.78 bits per heavy atom. The predicted octanol–water partition coefficient (Wildman–Crippen LogP) is 0.531. The first-order chi connectivity index (χ1) is 4.30. The van der Waals surface area contributed by atoms with Gasteiger partial charge >= 0.3 is 0 Å². The van der Waals surface area contributed by atoms with E-state index in [4.69, 9.17) is 0 Å². The van der Waals surface area contributed by atoms with Gasteiger partial charge in [-0.3, -0.25) is 0 Å². The second-order valence-electron chi connectivity index (χ2n) is 3.26. The van der Waals surface area contributed by atoms with E-state index >= 15 is 0 Å². The highest BCUT2D eigenvalue weighted by atomic mass is 28.2. The Labute approximate surface area is 60.9 Å². The van der Waals surface area contributed by atoms with Crippen molar-refractivity contribution in [2.24, 2.45) is 0 Å². The van der Waals surface area contributed by atoms with E-state index < -0.39 is 0 Å². The van der Waals surface area contributed by atoms with Gasteiger partial charge in [0.15, 0.2) is 0 Å². The Balaban J connectivity index is 2.23. The molecule has 0 bridgehead atoms. The molecule has 1 aliphatic carbocycles. The lowest BCUT2D eigenvalue weighted by Crippen LogP contribution is -2.30. The summed E-state index contributed by atoms with van der Waals surface area (Å²) in [6, 6.07) is 0.949. The topological polar surface area (TPSA) is 3.24 Å². The third-order valence-electron chi connectivity index (χ3n) is 2.30. The van der Waals surface area contributed by atoms with Gasteiger partial charge in [0.05, 0.1) is 10.4 Å². The predicted molar refractivity (Wildman–Crippen MR) is 44.6 cm³/mol.